The Morgan fingerprint density at radius 3 is 2.42 bits per heavy atom. The van der Waals surface area contributed by atoms with Crippen LogP contribution < -0.4 is 5.73 Å². The fourth-order valence-electron chi connectivity index (χ4n) is 5.24. The third-order valence-corrected chi connectivity index (χ3v) is 7.45. The maximum Gasteiger partial charge on any atom is 0.416 e. The highest BCUT2D eigenvalue weighted by Crippen LogP contribution is 2.46. The van der Waals surface area contributed by atoms with Crippen LogP contribution in [0.1, 0.15) is 81.9 Å². The number of ether oxygens (including phenoxy) is 2. The Balaban J connectivity index is 0.000000572. The highest BCUT2D eigenvalue weighted by atomic mass is 19.4. The quantitative estimate of drug-likeness (QED) is 0.395. The van der Waals surface area contributed by atoms with E-state index in [2.05, 4.69) is 6.92 Å². The molecule has 2 N–H and O–H groups in total. The highest BCUT2D eigenvalue weighted by molar-refractivity contribution is 5.86. The number of methoxy groups -OCH3 is 2. The average Bonchev–Trinajstić information content (AvgIpc) is 3.25. The van der Waals surface area contributed by atoms with Crippen LogP contribution in [0.15, 0.2) is 18.2 Å². The number of amides is 1. The van der Waals surface area contributed by atoms with Crippen LogP contribution >= 0.6 is 0 Å². The summed E-state index contributed by atoms with van der Waals surface area (Å²) in [4.78, 5) is 27.4. The summed E-state index contributed by atoms with van der Waals surface area (Å²) in [6.07, 6.45) is 1.20. The van der Waals surface area contributed by atoms with Gasteiger partial charge in [0, 0.05) is 32.8 Å². The molecular formula is C27H41F3N2O4. The van der Waals surface area contributed by atoms with E-state index in [1.54, 1.807) is 7.11 Å². The SMILES string of the molecule is CCCCCOC.COC(=O)C1CN(C(=O)C2(C(C)C)CCC(N)C2)Cc2cc(C(F)(F)F)ccc21. The summed E-state index contributed by atoms with van der Waals surface area (Å²) < 4.78 is 49.3. The molecule has 3 atom stereocenters. The minimum Gasteiger partial charge on any atom is -0.468 e. The van der Waals surface area contributed by atoms with Crippen molar-refractivity contribution in [2.45, 2.75) is 84.0 Å². The van der Waals surface area contributed by atoms with Crippen LogP contribution in [0.4, 0.5) is 13.2 Å². The number of carbonyl (C=O) groups excluding carboxylic acids is 2. The van der Waals surface area contributed by atoms with Gasteiger partial charge < -0.3 is 20.1 Å². The molecule has 1 aromatic carbocycles. The molecule has 0 radical (unpaired) electrons. The largest absolute Gasteiger partial charge is 0.468 e. The van der Waals surface area contributed by atoms with Gasteiger partial charge in [-0.2, -0.15) is 13.2 Å². The molecule has 2 aliphatic rings. The monoisotopic (exact) mass is 514 g/mol. The second-order valence-corrected chi connectivity index (χ2v) is 10.2. The van der Waals surface area contributed by atoms with E-state index in [0.717, 1.165) is 25.2 Å². The minimum absolute atomic E-state index is 0.0306. The fourth-order valence-corrected chi connectivity index (χ4v) is 5.24. The number of fused-ring (bicyclic) bond motifs is 1. The van der Waals surface area contributed by atoms with Gasteiger partial charge >= 0.3 is 12.1 Å². The number of benzene rings is 1. The van der Waals surface area contributed by atoms with Gasteiger partial charge in [0.1, 0.15) is 0 Å². The predicted molar refractivity (Wildman–Crippen MR) is 132 cm³/mol. The number of halogens is 3. The first-order chi connectivity index (χ1) is 16.9. The minimum atomic E-state index is -4.50. The van der Waals surface area contributed by atoms with Crippen molar-refractivity contribution in [2.75, 3.05) is 27.4 Å². The van der Waals surface area contributed by atoms with E-state index in [1.807, 2.05) is 13.8 Å². The summed E-state index contributed by atoms with van der Waals surface area (Å²) in [5.41, 5.74) is 5.45. The number of rotatable bonds is 7. The van der Waals surface area contributed by atoms with Crippen LogP contribution in [0.2, 0.25) is 0 Å². The molecule has 204 valence electrons. The van der Waals surface area contributed by atoms with Crippen molar-refractivity contribution < 1.29 is 32.2 Å². The third-order valence-electron chi connectivity index (χ3n) is 7.45. The fraction of sp³-hybridized carbons (Fsp3) is 0.704. The molecule has 9 heteroatoms. The first kappa shape index (κ1) is 30.1. The van der Waals surface area contributed by atoms with Crippen LogP contribution in [0, 0.1) is 11.3 Å². The van der Waals surface area contributed by atoms with Crippen molar-refractivity contribution in [3.63, 3.8) is 0 Å². The first-order valence-corrected chi connectivity index (χ1v) is 12.7. The Hall–Kier alpha value is -2.13. The third kappa shape index (κ3) is 7.00. The smallest absolute Gasteiger partial charge is 0.416 e. The van der Waals surface area contributed by atoms with E-state index in [0.29, 0.717) is 24.0 Å². The van der Waals surface area contributed by atoms with Gasteiger partial charge in [0.25, 0.3) is 0 Å². The van der Waals surface area contributed by atoms with Gasteiger partial charge in [-0.15, -0.1) is 0 Å². The Kier molecular flexibility index (Phi) is 10.8. The summed E-state index contributed by atoms with van der Waals surface area (Å²) in [5, 5.41) is 0. The Labute approximate surface area is 212 Å². The van der Waals surface area contributed by atoms with Crippen LogP contribution in [-0.2, 0) is 31.8 Å². The van der Waals surface area contributed by atoms with E-state index >= 15 is 0 Å². The molecular weight excluding hydrogens is 473 g/mol. The molecule has 1 heterocycles. The average molecular weight is 515 g/mol. The van der Waals surface area contributed by atoms with Crippen LogP contribution in [0.25, 0.3) is 0 Å². The van der Waals surface area contributed by atoms with Crippen LogP contribution in [0.5, 0.6) is 0 Å². The molecule has 36 heavy (non-hydrogen) atoms. The summed E-state index contributed by atoms with van der Waals surface area (Å²) in [5.74, 6) is -1.49. The van der Waals surface area contributed by atoms with Crippen molar-refractivity contribution in [3.05, 3.63) is 34.9 Å². The number of unbranched alkanes of at least 4 members (excludes halogenated alkanes) is 2. The molecule has 0 saturated heterocycles. The van der Waals surface area contributed by atoms with Gasteiger partial charge in [-0.3, -0.25) is 9.59 Å². The zero-order valence-corrected chi connectivity index (χ0v) is 22.1. The summed E-state index contributed by atoms with van der Waals surface area (Å²) in [6, 6.07) is 3.25. The van der Waals surface area contributed by atoms with Crippen molar-refractivity contribution in [2.24, 2.45) is 17.1 Å². The van der Waals surface area contributed by atoms with Gasteiger partial charge in [-0.25, -0.2) is 0 Å². The van der Waals surface area contributed by atoms with Gasteiger partial charge in [0.05, 0.1) is 24.0 Å². The van der Waals surface area contributed by atoms with Gasteiger partial charge in [-0.1, -0.05) is 39.7 Å². The second kappa shape index (κ2) is 12.9. The molecule has 0 spiro atoms. The number of esters is 1. The van der Waals surface area contributed by atoms with Gasteiger partial charge in [0.2, 0.25) is 5.91 Å². The lowest BCUT2D eigenvalue weighted by molar-refractivity contribution is -0.149. The van der Waals surface area contributed by atoms with E-state index in [1.165, 1.54) is 37.3 Å². The molecule has 1 saturated carbocycles. The zero-order chi connectivity index (χ0) is 27.1. The molecule has 3 rings (SSSR count). The molecule has 1 aliphatic heterocycles. The normalized spacial score (nSPS) is 23.7. The lowest BCUT2D eigenvalue weighted by Crippen LogP contribution is -2.49. The molecule has 1 fully saturated rings. The number of nitrogens with two attached hydrogens (primary N) is 1. The summed E-state index contributed by atoms with van der Waals surface area (Å²) in [6.45, 7) is 7.17. The number of alkyl halides is 3. The van der Waals surface area contributed by atoms with Crippen molar-refractivity contribution >= 4 is 11.9 Å². The topological polar surface area (TPSA) is 81.9 Å². The molecule has 1 amide bonds. The maximum atomic E-state index is 13.6. The van der Waals surface area contributed by atoms with Crippen molar-refractivity contribution in [1.82, 2.24) is 4.90 Å². The number of hydrogen-bond acceptors (Lipinski definition) is 5. The van der Waals surface area contributed by atoms with Gasteiger partial charge in [0.15, 0.2) is 0 Å². The Morgan fingerprint density at radius 1 is 1.22 bits per heavy atom. The first-order valence-electron chi connectivity index (χ1n) is 12.7. The van der Waals surface area contributed by atoms with Crippen LogP contribution in [-0.4, -0.2) is 50.2 Å². The molecule has 0 bridgehead atoms. The molecule has 1 aliphatic carbocycles. The second-order valence-electron chi connectivity index (χ2n) is 10.2. The van der Waals surface area contributed by atoms with E-state index in [9.17, 15) is 22.8 Å². The molecule has 1 aromatic rings. The van der Waals surface area contributed by atoms with E-state index < -0.39 is 29.0 Å². The molecule has 3 unspecified atom stereocenters. The molecule has 6 nitrogen and oxygen atoms in total. The van der Waals surface area contributed by atoms with Crippen molar-refractivity contribution in [1.29, 1.82) is 0 Å². The lowest BCUT2D eigenvalue weighted by Gasteiger charge is -2.41. The summed E-state index contributed by atoms with van der Waals surface area (Å²) in [7, 11) is 2.98. The Morgan fingerprint density at radius 2 is 1.92 bits per heavy atom. The Bertz CT molecular complexity index is 886. The number of carbonyl (C=O) groups is 2. The van der Waals surface area contributed by atoms with Crippen LogP contribution in [0.3, 0.4) is 0 Å². The van der Waals surface area contributed by atoms with Gasteiger partial charge in [-0.05, 0) is 54.9 Å². The molecule has 0 aromatic heterocycles. The number of hydrogen-bond donors (Lipinski definition) is 1. The number of nitrogens with zero attached hydrogens (tertiary/aromatic N) is 1. The standard InChI is InChI=1S/C21H27F3N2O3.C6H14O/c1-12(2)20(7-6-15(25)9-20)19(28)26-10-13-8-14(21(22,23)24)4-5-16(13)17(11-26)18(27)29-3;1-3-4-5-6-7-2/h4-5,8,12,15,17H,6-7,9-11,25H2,1-3H3;3-6H2,1-2H3. The van der Waals surface area contributed by atoms with Crippen molar-refractivity contribution in [3.8, 4) is 0 Å². The lowest BCUT2D eigenvalue weighted by atomic mass is 9.73. The predicted octanol–water partition coefficient (Wildman–Crippen LogP) is 5.28. The maximum absolute atomic E-state index is 13.6. The van der Waals surface area contributed by atoms with E-state index in [-0.39, 0.29) is 31.0 Å². The highest BCUT2D eigenvalue weighted by Gasteiger charge is 2.50. The van der Waals surface area contributed by atoms with E-state index in [4.69, 9.17) is 15.2 Å². The zero-order valence-electron chi connectivity index (χ0n) is 22.1. The summed E-state index contributed by atoms with van der Waals surface area (Å²) >= 11 is 0.